The zero-order valence-corrected chi connectivity index (χ0v) is 11.6. The molecule has 2 N–H and O–H groups in total. The smallest absolute Gasteiger partial charge is 0.330 e. The van der Waals surface area contributed by atoms with Crippen LogP contribution in [0.4, 0.5) is 0 Å². The molecule has 0 atom stereocenters. The van der Waals surface area contributed by atoms with Crippen molar-refractivity contribution < 1.29 is 19.1 Å². The molecule has 104 valence electrons. The van der Waals surface area contributed by atoms with Crippen LogP contribution in [0.2, 0.25) is 0 Å². The van der Waals surface area contributed by atoms with Crippen LogP contribution in [0.25, 0.3) is 0 Å². The molecule has 0 fully saturated rings. The van der Waals surface area contributed by atoms with Gasteiger partial charge in [-0.25, -0.2) is 4.79 Å². The number of hydrogen-bond acceptors (Lipinski definition) is 5. The lowest BCUT2D eigenvalue weighted by Gasteiger charge is -2.30. The van der Waals surface area contributed by atoms with Gasteiger partial charge in [-0.1, -0.05) is 6.58 Å². The normalized spacial score (nSPS) is 11.8. The predicted octanol–water partition coefficient (Wildman–Crippen LogP) is 1.41. The Kier molecular flexibility index (Phi) is 6.05. The molecular formula is C13H23NO4. The van der Waals surface area contributed by atoms with Crippen molar-refractivity contribution in [3.63, 3.8) is 0 Å². The third-order valence-electron chi connectivity index (χ3n) is 2.18. The van der Waals surface area contributed by atoms with Crippen molar-refractivity contribution in [3.8, 4) is 0 Å². The molecule has 5 heteroatoms. The zero-order valence-electron chi connectivity index (χ0n) is 11.6. The van der Waals surface area contributed by atoms with Gasteiger partial charge in [-0.15, -0.1) is 0 Å². The lowest BCUT2D eigenvalue weighted by molar-refractivity contribution is -0.158. The molecule has 0 amide bonds. The molecule has 0 saturated heterocycles. The molecule has 5 nitrogen and oxygen atoms in total. The highest BCUT2D eigenvalue weighted by Gasteiger charge is 2.34. The van der Waals surface area contributed by atoms with E-state index in [4.69, 9.17) is 15.2 Å². The Hall–Kier alpha value is -1.36. The summed E-state index contributed by atoms with van der Waals surface area (Å²) in [6.45, 7) is 10.6. The van der Waals surface area contributed by atoms with E-state index in [0.29, 0.717) is 6.42 Å². The molecule has 0 rings (SSSR count). The Balaban J connectivity index is 4.08. The number of ether oxygens (including phenoxy) is 2. The van der Waals surface area contributed by atoms with Crippen LogP contribution >= 0.6 is 0 Å². The second-order valence-corrected chi connectivity index (χ2v) is 5.56. The van der Waals surface area contributed by atoms with E-state index in [1.807, 2.05) is 13.8 Å². The molecule has 0 heterocycles. The second kappa shape index (κ2) is 6.54. The van der Waals surface area contributed by atoms with E-state index in [-0.39, 0.29) is 19.2 Å². The highest BCUT2D eigenvalue weighted by atomic mass is 16.6. The summed E-state index contributed by atoms with van der Waals surface area (Å²) in [7, 11) is 0. The van der Waals surface area contributed by atoms with E-state index in [2.05, 4.69) is 6.58 Å². The molecule has 0 radical (unpaired) electrons. The van der Waals surface area contributed by atoms with Crippen LogP contribution in [0.15, 0.2) is 12.7 Å². The summed E-state index contributed by atoms with van der Waals surface area (Å²) in [5, 5.41) is 0. The summed E-state index contributed by atoms with van der Waals surface area (Å²) in [6, 6.07) is 0. The highest BCUT2D eigenvalue weighted by molar-refractivity contribution is 5.81. The fourth-order valence-corrected chi connectivity index (χ4v) is 1.74. The van der Waals surface area contributed by atoms with Gasteiger partial charge in [0.2, 0.25) is 0 Å². The van der Waals surface area contributed by atoms with Crippen LogP contribution in [0.3, 0.4) is 0 Å². The Morgan fingerprint density at radius 1 is 1.17 bits per heavy atom. The molecule has 0 bridgehead atoms. The second-order valence-electron chi connectivity index (χ2n) is 5.56. The maximum Gasteiger partial charge on any atom is 0.330 e. The molecule has 0 aromatic rings. The number of esters is 2. The van der Waals surface area contributed by atoms with Crippen molar-refractivity contribution in [2.75, 3.05) is 13.2 Å². The molecule has 0 saturated carbocycles. The Bertz CT molecular complexity index is 315. The number of nitrogens with two attached hydrogens (primary N) is 1. The van der Waals surface area contributed by atoms with Crippen LogP contribution in [-0.4, -0.2) is 30.7 Å². The standard InChI is InChI=1S/C13H23NO4/c1-6-10(15)17-7-8-18-11(16)12(2,3)9-13(4,5)14/h6H,1,7-9,14H2,2-5H3. The van der Waals surface area contributed by atoms with Crippen molar-refractivity contribution >= 4 is 11.9 Å². The van der Waals surface area contributed by atoms with Gasteiger partial charge in [0.15, 0.2) is 0 Å². The first-order valence-electron chi connectivity index (χ1n) is 5.84. The monoisotopic (exact) mass is 257 g/mol. The minimum Gasteiger partial charge on any atom is -0.462 e. The fraction of sp³-hybridized carbons (Fsp3) is 0.692. The van der Waals surface area contributed by atoms with E-state index in [1.54, 1.807) is 13.8 Å². The first-order valence-corrected chi connectivity index (χ1v) is 5.84. The third kappa shape index (κ3) is 7.06. The highest BCUT2D eigenvalue weighted by Crippen LogP contribution is 2.27. The maximum atomic E-state index is 11.8. The number of carbonyl (C=O) groups is 2. The van der Waals surface area contributed by atoms with E-state index in [1.165, 1.54) is 0 Å². The van der Waals surface area contributed by atoms with Crippen molar-refractivity contribution in [2.45, 2.75) is 39.7 Å². The van der Waals surface area contributed by atoms with Gasteiger partial charge in [0, 0.05) is 11.6 Å². The van der Waals surface area contributed by atoms with Gasteiger partial charge in [-0.05, 0) is 34.1 Å². The summed E-state index contributed by atoms with van der Waals surface area (Å²) in [6.07, 6.45) is 1.56. The Labute approximate surface area is 108 Å². The summed E-state index contributed by atoms with van der Waals surface area (Å²) in [5.41, 5.74) is 4.77. The topological polar surface area (TPSA) is 78.6 Å². The van der Waals surface area contributed by atoms with Gasteiger partial charge < -0.3 is 15.2 Å². The van der Waals surface area contributed by atoms with Crippen molar-refractivity contribution in [2.24, 2.45) is 11.1 Å². The first-order chi connectivity index (χ1) is 8.08. The number of hydrogen-bond donors (Lipinski definition) is 1. The van der Waals surface area contributed by atoms with Gasteiger partial charge in [-0.3, -0.25) is 4.79 Å². The fourth-order valence-electron chi connectivity index (χ4n) is 1.74. The molecule has 0 unspecified atom stereocenters. The third-order valence-corrected chi connectivity index (χ3v) is 2.18. The van der Waals surface area contributed by atoms with E-state index in [9.17, 15) is 9.59 Å². The molecule has 18 heavy (non-hydrogen) atoms. The minimum atomic E-state index is -0.666. The largest absolute Gasteiger partial charge is 0.462 e. The van der Waals surface area contributed by atoms with E-state index < -0.39 is 16.9 Å². The van der Waals surface area contributed by atoms with Crippen molar-refractivity contribution in [1.29, 1.82) is 0 Å². The number of carbonyl (C=O) groups excluding carboxylic acids is 2. The molecule has 0 aliphatic carbocycles. The minimum absolute atomic E-state index is 0.0265. The van der Waals surface area contributed by atoms with Gasteiger partial charge in [0.1, 0.15) is 13.2 Å². The van der Waals surface area contributed by atoms with Crippen LogP contribution in [0.1, 0.15) is 34.1 Å². The van der Waals surface area contributed by atoms with Crippen molar-refractivity contribution in [3.05, 3.63) is 12.7 Å². The van der Waals surface area contributed by atoms with Gasteiger partial charge in [0.05, 0.1) is 5.41 Å². The summed E-state index contributed by atoms with van der Waals surface area (Å²) < 4.78 is 9.74. The van der Waals surface area contributed by atoms with Crippen LogP contribution in [-0.2, 0) is 19.1 Å². The quantitative estimate of drug-likeness (QED) is 0.424. The van der Waals surface area contributed by atoms with Gasteiger partial charge in [0.25, 0.3) is 0 Å². The Morgan fingerprint density at radius 2 is 1.67 bits per heavy atom. The van der Waals surface area contributed by atoms with E-state index in [0.717, 1.165) is 6.08 Å². The van der Waals surface area contributed by atoms with Crippen LogP contribution in [0, 0.1) is 5.41 Å². The molecule has 0 aromatic carbocycles. The maximum absolute atomic E-state index is 11.8. The Morgan fingerprint density at radius 3 is 2.11 bits per heavy atom. The average molecular weight is 257 g/mol. The summed E-state index contributed by atoms with van der Waals surface area (Å²) in [4.78, 5) is 22.6. The number of rotatable bonds is 7. The summed E-state index contributed by atoms with van der Waals surface area (Å²) in [5.74, 6) is -0.885. The molecule has 0 aromatic heterocycles. The zero-order chi connectivity index (χ0) is 14.4. The van der Waals surface area contributed by atoms with Gasteiger partial charge >= 0.3 is 11.9 Å². The molecular weight excluding hydrogens is 234 g/mol. The van der Waals surface area contributed by atoms with Crippen LogP contribution in [0.5, 0.6) is 0 Å². The lowest BCUT2D eigenvalue weighted by atomic mass is 9.80. The summed E-state index contributed by atoms with van der Waals surface area (Å²) >= 11 is 0. The first kappa shape index (κ1) is 16.6. The average Bonchev–Trinajstić information content (AvgIpc) is 2.20. The lowest BCUT2D eigenvalue weighted by Crippen LogP contribution is -2.41. The molecule has 0 aliphatic heterocycles. The van der Waals surface area contributed by atoms with Gasteiger partial charge in [-0.2, -0.15) is 0 Å². The van der Waals surface area contributed by atoms with E-state index >= 15 is 0 Å². The SMILES string of the molecule is C=CC(=O)OCCOC(=O)C(C)(C)CC(C)(C)N. The van der Waals surface area contributed by atoms with Crippen molar-refractivity contribution in [1.82, 2.24) is 0 Å². The molecule has 0 spiro atoms. The molecule has 0 aliphatic rings. The van der Waals surface area contributed by atoms with Crippen LogP contribution < -0.4 is 5.73 Å². The predicted molar refractivity (Wildman–Crippen MR) is 68.8 cm³/mol.